The van der Waals surface area contributed by atoms with Gasteiger partial charge in [-0.3, -0.25) is 9.69 Å². The zero-order valence-electron chi connectivity index (χ0n) is 16.9. The number of ether oxygens (including phenoxy) is 2. The van der Waals surface area contributed by atoms with Crippen molar-refractivity contribution in [3.05, 3.63) is 83.4 Å². The fourth-order valence-electron chi connectivity index (χ4n) is 3.06. The van der Waals surface area contributed by atoms with Crippen molar-refractivity contribution in [2.24, 2.45) is 0 Å². The van der Waals surface area contributed by atoms with Gasteiger partial charge in [0.05, 0.1) is 12.3 Å². The van der Waals surface area contributed by atoms with Gasteiger partial charge in [-0.25, -0.2) is 8.78 Å². The average molecular weight is 456 g/mol. The van der Waals surface area contributed by atoms with E-state index in [0.717, 1.165) is 12.1 Å². The predicted octanol–water partition coefficient (Wildman–Crippen LogP) is 4.80. The van der Waals surface area contributed by atoms with Crippen LogP contribution in [0.1, 0.15) is 18.4 Å². The molecule has 1 aromatic heterocycles. The van der Waals surface area contributed by atoms with Gasteiger partial charge in [-0.05, 0) is 67.7 Å². The van der Waals surface area contributed by atoms with E-state index in [2.05, 4.69) is 5.32 Å². The Balaban J connectivity index is 1.44. The van der Waals surface area contributed by atoms with E-state index in [1.54, 1.807) is 36.4 Å². The summed E-state index contributed by atoms with van der Waals surface area (Å²) >= 11 is 5.31. The summed E-state index contributed by atoms with van der Waals surface area (Å²) in [4.78, 5) is 14.2. The van der Waals surface area contributed by atoms with E-state index < -0.39 is 11.6 Å². The number of furan rings is 1. The maximum Gasteiger partial charge on any atom is 0.281 e. The third-order valence-corrected chi connectivity index (χ3v) is 4.80. The first kappa shape index (κ1) is 21.5. The van der Waals surface area contributed by atoms with E-state index in [1.165, 1.54) is 17.0 Å². The highest BCUT2D eigenvalue weighted by Crippen LogP contribution is 2.25. The number of rotatable bonds is 7. The van der Waals surface area contributed by atoms with Crippen LogP contribution in [0.25, 0.3) is 6.08 Å². The molecular weight excluding hydrogens is 438 g/mol. The first-order valence-corrected chi connectivity index (χ1v) is 10.1. The molecule has 1 amide bonds. The Hall–Kier alpha value is -3.72. The number of carbonyl (C=O) groups excluding carboxylic acids is 1. The van der Waals surface area contributed by atoms with Crippen LogP contribution in [0.2, 0.25) is 0 Å². The van der Waals surface area contributed by atoms with Crippen LogP contribution in [-0.2, 0) is 11.4 Å². The number of carbonyl (C=O) groups is 1. The summed E-state index contributed by atoms with van der Waals surface area (Å²) < 4.78 is 43.0. The van der Waals surface area contributed by atoms with Gasteiger partial charge in [-0.2, -0.15) is 0 Å². The molecule has 0 saturated carbocycles. The molecule has 2 aromatic carbocycles. The number of nitrogens with zero attached hydrogens (tertiary/aromatic N) is 1. The molecule has 0 bridgehead atoms. The van der Waals surface area contributed by atoms with Crippen LogP contribution in [0.4, 0.5) is 14.5 Å². The van der Waals surface area contributed by atoms with Crippen LogP contribution in [-0.4, -0.2) is 17.6 Å². The van der Waals surface area contributed by atoms with E-state index >= 15 is 0 Å². The molecule has 0 unspecified atom stereocenters. The topological polar surface area (TPSA) is 63.9 Å². The molecule has 2 heterocycles. The lowest BCUT2D eigenvalue weighted by molar-refractivity contribution is -0.113. The molecule has 9 heteroatoms. The summed E-state index contributed by atoms with van der Waals surface area (Å²) in [6.07, 6.45) is 1.52. The number of anilines is 1. The molecule has 1 aliphatic heterocycles. The molecule has 3 aromatic rings. The molecular formula is C23H18F2N2O4S. The van der Waals surface area contributed by atoms with Crippen LogP contribution in [0.5, 0.6) is 11.5 Å². The van der Waals surface area contributed by atoms with Crippen molar-refractivity contribution in [1.82, 2.24) is 5.32 Å². The highest BCUT2D eigenvalue weighted by atomic mass is 32.1. The molecule has 1 N–H and O–H groups in total. The van der Waals surface area contributed by atoms with Gasteiger partial charge in [0.1, 0.15) is 35.4 Å². The van der Waals surface area contributed by atoms with Gasteiger partial charge in [0.25, 0.3) is 5.91 Å². The van der Waals surface area contributed by atoms with Crippen molar-refractivity contribution < 1.29 is 27.5 Å². The van der Waals surface area contributed by atoms with Gasteiger partial charge in [0.15, 0.2) is 16.7 Å². The number of halogens is 2. The first-order valence-electron chi connectivity index (χ1n) is 9.71. The fraction of sp³-hybridized carbons (Fsp3) is 0.130. The molecule has 0 radical (unpaired) electrons. The Labute approximate surface area is 188 Å². The lowest BCUT2D eigenvalue weighted by Gasteiger charge is -2.14. The Morgan fingerprint density at radius 2 is 1.88 bits per heavy atom. The molecule has 0 aliphatic carbocycles. The lowest BCUT2D eigenvalue weighted by atomic mass is 10.2. The van der Waals surface area contributed by atoms with E-state index in [1.807, 2.05) is 6.92 Å². The van der Waals surface area contributed by atoms with Gasteiger partial charge in [0, 0.05) is 12.1 Å². The zero-order chi connectivity index (χ0) is 22.7. The van der Waals surface area contributed by atoms with E-state index in [9.17, 15) is 13.6 Å². The summed E-state index contributed by atoms with van der Waals surface area (Å²) in [7, 11) is 0. The maximum absolute atomic E-state index is 13.7. The number of hydrogen-bond donors (Lipinski definition) is 1. The standard InChI is InChI=1S/C23H18F2N2O4S/c1-2-29-16-6-4-15(5-7-16)27-22(28)20(26-23(27)32)12-17-8-9-18(31-17)13-30-21-10-3-14(24)11-19(21)25/h3-12H,2,13H2,1H3,(H,26,32)/b20-12+. The molecule has 1 fully saturated rings. The second kappa shape index (κ2) is 9.19. The number of benzene rings is 2. The quantitative estimate of drug-likeness (QED) is 0.407. The van der Waals surface area contributed by atoms with Crippen LogP contribution in [0.15, 0.2) is 64.7 Å². The number of thiocarbonyl (C=S) groups is 1. The lowest BCUT2D eigenvalue weighted by Crippen LogP contribution is -2.30. The third kappa shape index (κ3) is 4.62. The molecule has 1 aliphatic rings. The average Bonchev–Trinajstić information content (AvgIpc) is 3.32. The van der Waals surface area contributed by atoms with Gasteiger partial charge < -0.3 is 19.2 Å². The Bertz CT molecular complexity index is 1190. The van der Waals surface area contributed by atoms with Crippen molar-refractivity contribution >= 4 is 35.0 Å². The van der Waals surface area contributed by atoms with Crippen molar-refractivity contribution in [2.45, 2.75) is 13.5 Å². The van der Waals surface area contributed by atoms with Crippen molar-refractivity contribution in [2.75, 3.05) is 11.5 Å². The smallest absolute Gasteiger partial charge is 0.281 e. The van der Waals surface area contributed by atoms with E-state index in [-0.39, 0.29) is 29.1 Å². The molecule has 0 atom stereocenters. The summed E-state index contributed by atoms with van der Waals surface area (Å²) in [5, 5.41) is 3.12. The van der Waals surface area contributed by atoms with Crippen molar-refractivity contribution in [1.29, 1.82) is 0 Å². The summed E-state index contributed by atoms with van der Waals surface area (Å²) in [5.41, 5.74) is 0.851. The molecule has 6 nitrogen and oxygen atoms in total. The zero-order valence-corrected chi connectivity index (χ0v) is 17.7. The van der Waals surface area contributed by atoms with E-state index in [4.69, 9.17) is 26.1 Å². The molecule has 0 spiro atoms. The third-order valence-electron chi connectivity index (χ3n) is 4.52. The van der Waals surface area contributed by atoms with Crippen molar-refractivity contribution in [3.8, 4) is 11.5 Å². The molecule has 1 saturated heterocycles. The van der Waals surface area contributed by atoms with Crippen LogP contribution in [0.3, 0.4) is 0 Å². The second-order valence-electron chi connectivity index (χ2n) is 6.72. The fourth-order valence-corrected chi connectivity index (χ4v) is 3.36. The van der Waals surface area contributed by atoms with Gasteiger partial charge in [-0.15, -0.1) is 0 Å². The highest BCUT2D eigenvalue weighted by Gasteiger charge is 2.32. The van der Waals surface area contributed by atoms with Crippen LogP contribution >= 0.6 is 12.2 Å². The SMILES string of the molecule is CCOc1ccc(N2C(=O)/C(=C\c3ccc(COc4ccc(F)cc4F)o3)NC2=S)cc1. The molecule has 32 heavy (non-hydrogen) atoms. The Morgan fingerprint density at radius 3 is 2.59 bits per heavy atom. The summed E-state index contributed by atoms with van der Waals surface area (Å²) in [6, 6.07) is 13.3. The molecule has 4 rings (SSSR count). The Kier molecular flexibility index (Phi) is 6.18. The largest absolute Gasteiger partial charge is 0.494 e. The normalized spacial score (nSPS) is 14.7. The summed E-state index contributed by atoms with van der Waals surface area (Å²) in [6.45, 7) is 2.37. The minimum absolute atomic E-state index is 0.0657. The maximum atomic E-state index is 13.7. The number of hydrogen-bond acceptors (Lipinski definition) is 5. The number of nitrogens with one attached hydrogen (secondary N) is 1. The predicted molar refractivity (Wildman–Crippen MR) is 118 cm³/mol. The summed E-state index contributed by atoms with van der Waals surface area (Å²) in [5.74, 6) is -0.431. The Morgan fingerprint density at radius 1 is 1.09 bits per heavy atom. The first-order chi connectivity index (χ1) is 15.4. The van der Waals surface area contributed by atoms with Crippen LogP contribution < -0.4 is 19.7 Å². The van der Waals surface area contributed by atoms with Crippen molar-refractivity contribution in [3.63, 3.8) is 0 Å². The molecule has 164 valence electrons. The van der Waals surface area contributed by atoms with Gasteiger partial charge in [-0.1, -0.05) is 0 Å². The highest BCUT2D eigenvalue weighted by molar-refractivity contribution is 7.80. The minimum Gasteiger partial charge on any atom is -0.494 e. The van der Waals surface area contributed by atoms with E-state index in [0.29, 0.717) is 29.6 Å². The number of amides is 1. The van der Waals surface area contributed by atoms with Gasteiger partial charge >= 0.3 is 0 Å². The monoisotopic (exact) mass is 456 g/mol. The van der Waals surface area contributed by atoms with Crippen LogP contribution in [0, 0.1) is 11.6 Å². The van der Waals surface area contributed by atoms with Gasteiger partial charge in [0.2, 0.25) is 0 Å². The second-order valence-corrected chi connectivity index (χ2v) is 7.11. The minimum atomic E-state index is -0.803.